The molecule has 0 aliphatic heterocycles. The molecular weight excluding hydrogens is 286 g/mol. The number of hydrogen-bond donors (Lipinski definition) is 1. The van der Waals surface area contributed by atoms with Crippen LogP contribution in [0.25, 0.3) is 0 Å². The quantitative estimate of drug-likeness (QED) is 0.550. The number of nitrogens with one attached hydrogen (secondary N) is 1. The van der Waals surface area contributed by atoms with E-state index in [0.717, 1.165) is 24.3 Å². The first-order valence-electron chi connectivity index (χ1n) is 7.55. The number of halogens is 1. The van der Waals surface area contributed by atoms with E-state index in [0.29, 0.717) is 12.4 Å². The summed E-state index contributed by atoms with van der Waals surface area (Å²) in [6.45, 7) is 7.07. The van der Waals surface area contributed by atoms with Gasteiger partial charge >= 0.3 is 0 Å². The monoisotopic (exact) mass is 311 g/mol. The number of alkyl halides is 1. The Balaban J connectivity index is 2.47. The van der Waals surface area contributed by atoms with Gasteiger partial charge in [-0.2, -0.15) is 0 Å². The number of unbranched alkanes of at least 4 members (excludes halogenated alkanes) is 2. The average molecular weight is 312 g/mol. The van der Waals surface area contributed by atoms with Crippen LogP contribution in [0.3, 0.4) is 0 Å². The Labute approximate surface area is 133 Å². The molecule has 0 saturated carbocycles. The first-order chi connectivity index (χ1) is 9.99. The number of benzene rings is 1. The van der Waals surface area contributed by atoms with Crippen LogP contribution >= 0.6 is 11.6 Å². The third kappa shape index (κ3) is 6.38. The van der Waals surface area contributed by atoms with Crippen LogP contribution < -0.4 is 10.1 Å². The molecule has 0 aromatic heterocycles. The van der Waals surface area contributed by atoms with Gasteiger partial charge in [-0.25, -0.2) is 0 Å². The number of carbonyl (C=O) groups excluding carboxylic acids is 1. The molecule has 4 heteroatoms. The van der Waals surface area contributed by atoms with Gasteiger partial charge in [0.2, 0.25) is 5.91 Å². The molecule has 0 aliphatic carbocycles. The summed E-state index contributed by atoms with van der Waals surface area (Å²) in [6.07, 6.45) is 3.44. The van der Waals surface area contributed by atoms with E-state index in [1.165, 1.54) is 12.8 Å². The zero-order valence-corrected chi connectivity index (χ0v) is 14.0. The third-order valence-electron chi connectivity index (χ3n) is 3.32. The van der Waals surface area contributed by atoms with E-state index in [1.54, 1.807) is 0 Å². The molecule has 0 bridgehead atoms. The third-order valence-corrected chi connectivity index (χ3v) is 3.99. The second kappa shape index (κ2) is 8.93. The highest BCUT2D eigenvalue weighted by molar-refractivity contribution is 6.19. The fourth-order valence-corrected chi connectivity index (χ4v) is 1.89. The van der Waals surface area contributed by atoms with Gasteiger partial charge in [0.15, 0.2) is 0 Å². The Morgan fingerprint density at radius 1 is 1.33 bits per heavy atom. The topological polar surface area (TPSA) is 38.3 Å². The van der Waals surface area contributed by atoms with E-state index >= 15 is 0 Å². The lowest BCUT2D eigenvalue weighted by Crippen LogP contribution is -2.37. The van der Waals surface area contributed by atoms with Crippen LogP contribution in [-0.4, -0.2) is 18.4 Å². The van der Waals surface area contributed by atoms with Crippen molar-refractivity contribution in [3.63, 3.8) is 0 Å². The van der Waals surface area contributed by atoms with Crippen molar-refractivity contribution in [1.82, 2.24) is 5.32 Å². The van der Waals surface area contributed by atoms with Gasteiger partial charge in [-0.3, -0.25) is 4.79 Å². The molecule has 1 rings (SSSR count). The van der Waals surface area contributed by atoms with E-state index in [2.05, 4.69) is 12.2 Å². The molecule has 0 fully saturated rings. The summed E-state index contributed by atoms with van der Waals surface area (Å²) >= 11 is 5.80. The van der Waals surface area contributed by atoms with Crippen LogP contribution in [0.4, 0.5) is 0 Å². The maximum Gasteiger partial charge on any atom is 0.227 e. The van der Waals surface area contributed by atoms with Crippen molar-refractivity contribution in [2.24, 2.45) is 5.41 Å². The maximum atomic E-state index is 12.0. The Morgan fingerprint density at radius 2 is 2.10 bits per heavy atom. The Bertz CT molecular complexity index is 446. The standard InChI is InChI=1S/C17H26ClNO2/c1-4-5-6-10-21-15-9-7-8-14(11-15)12-19-16(20)17(2,3)13-18/h7-9,11H,4-6,10,12-13H2,1-3H3,(H,19,20). The second-order valence-electron chi connectivity index (χ2n) is 5.90. The molecule has 1 aromatic rings. The molecule has 1 N–H and O–H groups in total. The molecule has 0 unspecified atom stereocenters. The van der Waals surface area contributed by atoms with Gasteiger partial charge < -0.3 is 10.1 Å². The van der Waals surface area contributed by atoms with E-state index in [4.69, 9.17) is 16.3 Å². The predicted octanol–water partition coefficient (Wildman–Crippen LogP) is 4.14. The van der Waals surface area contributed by atoms with Crippen molar-refractivity contribution in [3.8, 4) is 5.75 Å². The zero-order valence-electron chi connectivity index (χ0n) is 13.2. The van der Waals surface area contributed by atoms with Gasteiger partial charge in [0.05, 0.1) is 12.0 Å². The largest absolute Gasteiger partial charge is 0.494 e. The van der Waals surface area contributed by atoms with Crippen molar-refractivity contribution in [2.45, 2.75) is 46.6 Å². The minimum atomic E-state index is -0.546. The van der Waals surface area contributed by atoms with Gasteiger partial charge in [0, 0.05) is 12.4 Å². The molecule has 1 amide bonds. The number of carbonyl (C=O) groups is 1. The Kier molecular flexibility index (Phi) is 7.58. The summed E-state index contributed by atoms with van der Waals surface area (Å²) in [5.41, 5.74) is 0.484. The molecule has 118 valence electrons. The lowest BCUT2D eigenvalue weighted by molar-refractivity contribution is -0.128. The summed E-state index contributed by atoms with van der Waals surface area (Å²) in [7, 11) is 0. The molecule has 0 atom stereocenters. The molecule has 1 aromatic carbocycles. The summed E-state index contributed by atoms with van der Waals surface area (Å²) in [6, 6.07) is 7.84. The minimum absolute atomic E-state index is 0.0354. The normalized spacial score (nSPS) is 11.2. The first-order valence-corrected chi connectivity index (χ1v) is 8.09. The first kappa shape index (κ1) is 17.8. The zero-order chi connectivity index (χ0) is 15.7. The summed E-state index contributed by atoms with van der Waals surface area (Å²) < 4.78 is 5.71. The molecule has 0 radical (unpaired) electrons. The molecular formula is C17H26ClNO2. The minimum Gasteiger partial charge on any atom is -0.494 e. The van der Waals surface area contributed by atoms with Crippen molar-refractivity contribution < 1.29 is 9.53 Å². The predicted molar refractivity (Wildman–Crippen MR) is 87.8 cm³/mol. The molecule has 0 spiro atoms. The van der Waals surface area contributed by atoms with Crippen LogP contribution in [0.1, 0.15) is 45.6 Å². The molecule has 0 saturated heterocycles. The molecule has 3 nitrogen and oxygen atoms in total. The van der Waals surface area contributed by atoms with Crippen LogP contribution in [0.5, 0.6) is 5.75 Å². The van der Waals surface area contributed by atoms with Gasteiger partial charge in [-0.1, -0.05) is 31.9 Å². The summed E-state index contributed by atoms with van der Waals surface area (Å²) in [4.78, 5) is 12.0. The van der Waals surface area contributed by atoms with Gasteiger partial charge in [-0.05, 0) is 38.0 Å². The van der Waals surface area contributed by atoms with E-state index in [-0.39, 0.29) is 5.91 Å². The van der Waals surface area contributed by atoms with E-state index < -0.39 is 5.41 Å². The number of rotatable bonds is 9. The number of hydrogen-bond acceptors (Lipinski definition) is 2. The molecule has 0 heterocycles. The van der Waals surface area contributed by atoms with Crippen molar-refractivity contribution in [2.75, 3.05) is 12.5 Å². The van der Waals surface area contributed by atoms with E-state index in [9.17, 15) is 4.79 Å². The summed E-state index contributed by atoms with van der Waals surface area (Å²) in [5.74, 6) is 1.13. The van der Waals surface area contributed by atoms with Crippen LogP contribution in [0, 0.1) is 5.41 Å². The molecule has 21 heavy (non-hydrogen) atoms. The van der Waals surface area contributed by atoms with Crippen molar-refractivity contribution in [3.05, 3.63) is 29.8 Å². The van der Waals surface area contributed by atoms with Gasteiger partial charge in [0.1, 0.15) is 5.75 Å². The Hall–Kier alpha value is -1.22. The smallest absolute Gasteiger partial charge is 0.227 e. The second-order valence-corrected chi connectivity index (χ2v) is 6.17. The van der Waals surface area contributed by atoms with Crippen molar-refractivity contribution in [1.29, 1.82) is 0 Å². The maximum absolute atomic E-state index is 12.0. The fourth-order valence-electron chi connectivity index (χ4n) is 1.77. The van der Waals surface area contributed by atoms with Crippen LogP contribution in [0.2, 0.25) is 0 Å². The summed E-state index contributed by atoms with van der Waals surface area (Å²) in [5, 5.41) is 2.91. The lowest BCUT2D eigenvalue weighted by atomic mass is 9.95. The van der Waals surface area contributed by atoms with Crippen LogP contribution in [0.15, 0.2) is 24.3 Å². The van der Waals surface area contributed by atoms with Crippen LogP contribution in [-0.2, 0) is 11.3 Å². The number of amides is 1. The SMILES string of the molecule is CCCCCOc1cccc(CNC(=O)C(C)(C)CCl)c1. The average Bonchev–Trinajstić information content (AvgIpc) is 2.49. The van der Waals surface area contributed by atoms with Gasteiger partial charge in [-0.15, -0.1) is 11.6 Å². The van der Waals surface area contributed by atoms with Gasteiger partial charge in [0.25, 0.3) is 0 Å². The highest BCUT2D eigenvalue weighted by Crippen LogP contribution is 2.18. The highest BCUT2D eigenvalue weighted by atomic mass is 35.5. The fraction of sp³-hybridized carbons (Fsp3) is 0.588. The van der Waals surface area contributed by atoms with E-state index in [1.807, 2.05) is 38.1 Å². The Morgan fingerprint density at radius 3 is 2.76 bits per heavy atom. The number of ether oxygens (including phenoxy) is 1. The lowest BCUT2D eigenvalue weighted by Gasteiger charge is -2.20. The van der Waals surface area contributed by atoms with Crippen molar-refractivity contribution >= 4 is 17.5 Å². The molecule has 0 aliphatic rings. The highest BCUT2D eigenvalue weighted by Gasteiger charge is 2.25.